The second kappa shape index (κ2) is 9.52. The number of carboxylic acid groups (broad SMARTS) is 1. The molecule has 6 nitrogen and oxygen atoms in total. The van der Waals surface area contributed by atoms with Gasteiger partial charge < -0.3 is 10.4 Å². The van der Waals surface area contributed by atoms with Crippen LogP contribution in [0, 0.1) is 0 Å². The van der Waals surface area contributed by atoms with Gasteiger partial charge >= 0.3 is 5.97 Å². The van der Waals surface area contributed by atoms with E-state index in [1.165, 1.54) is 24.3 Å². The minimum Gasteiger partial charge on any atom is -0.481 e. The third-order valence-electron chi connectivity index (χ3n) is 3.13. The van der Waals surface area contributed by atoms with Crippen molar-refractivity contribution in [2.75, 3.05) is 12.3 Å². The molecule has 0 aromatic heterocycles. The maximum Gasteiger partial charge on any atom is 0.303 e. The van der Waals surface area contributed by atoms with Crippen LogP contribution in [0.25, 0.3) is 0 Å². The van der Waals surface area contributed by atoms with E-state index >= 15 is 0 Å². The van der Waals surface area contributed by atoms with E-state index in [4.69, 9.17) is 16.7 Å². The van der Waals surface area contributed by atoms with E-state index in [9.17, 15) is 18.0 Å². The number of aliphatic carboxylic acids is 1. The van der Waals surface area contributed by atoms with Gasteiger partial charge in [0, 0.05) is 18.0 Å². The van der Waals surface area contributed by atoms with Crippen molar-refractivity contribution in [3.8, 4) is 0 Å². The fourth-order valence-electron chi connectivity index (χ4n) is 1.93. The van der Waals surface area contributed by atoms with Crippen molar-refractivity contribution in [1.29, 1.82) is 0 Å². The summed E-state index contributed by atoms with van der Waals surface area (Å²) in [5.74, 6) is -1.97. The highest BCUT2D eigenvalue weighted by Crippen LogP contribution is 2.15. The molecule has 1 aromatic carbocycles. The number of benzene rings is 1. The topological polar surface area (TPSA) is 101 Å². The Morgan fingerprint density at radius 2 is 1.65 bits per heavy atom. The number of carbonyl (C=O) groups is 2. The zero-order valence-corrected chi connectivity index (χ0v) is 14.2. The van der Waals surface area contributed by atoms with Crippen LogP contribution >= 0.6 is 11.6 Å². The summed E-state index contributed by atoms with van der Waals surface area (Å²) in [5, 5.41) is 11.5. The number of hydrogen-bond acceptors (Lipinski definition) is 4. The predicted molar refractivity (Wildman–Crippen MR) is 87.2 cm³/mol. The van der Waals surface area contributed by atoms with Crippen molar-refractivity contribution in [2.45, 2.75) is 37.0 Å². The van der Waals surface area contributed by atoms with E-state index in [-0.39, 0.29) is 11.3 Å². The van der Waals surface area contributed by atoms with Gasteiger partial charge in [-0.2, -0.15) is 0 Å². The second-order valence-electron chi connectivity index (χ2n) is 5.12. The molecule has 0 fully saturated rings. The van der Waals surface area contributed by atoms with Crippen LogP contribution in [0.4, 0.5) is 0 Å². The maximum atomic E-state index is 12.0. The summed E-state index contributed by atoms with van der Waals surface area (Å²) in [6.45, 7) is 0.377. The van der Waals surface area contributed by atoms with Crippen molar-refractivity contribution >= 4 is 33.3 Å². The molecular weight excluding hydrogens is 342 g/mol. The molecule has 8 heteroatoms. The van der Waals surface area contributed by atoms with E-state index < -0.39 is 27.5 Å². The van der Waals surface area contributed by atoms with Gasteiger partial charge in [-0.05, 0) is 37.1 Å². The number of unbranched alkanes of at least 4 members (excludes halogenated alkanes) is 3. The number of sulfone groups is 1. The second-order valence-corrected chi connectivity index (χ2v) is 7.55. The first-order valence-corrected chi connectivity index (χ1v) is 9.31. The van der Waals surface area contributed by atoms with Crippen LogP contribution in [0.2, 0.25) is 5.02 Å². The normalized spacial score (nSPS) is 11.2. The number of nitrogens with one attached hydrogen (secondary N) is 1. The van der Waals surface area contributed by atoms with E-state index in [2.05, 4.69) is 5.32 Å². The molecule has 0 aliphatic heterocycles. The molecule has 23 heavy (non-hydrogen) atoms. The van der Waals surface area contributed by atoms with Crippen LogP contribution in [0.3, 0.4) is 0 Å². The SMILES string of the molecule is O=C(O)CCCCCCNC(=O)CS(=O)(=O)c1ccc(Cl)cc1. The Hall–Kier alpha value is -1.60. The van der Waals surface area contributed by atoms with E-state index in [0.717, 1.165) is 12.8 Å². The zero-order valence-electron chi connectivity index (χ0n) is 12.6. The van der Waals surface area contributed by atoms with Crippen molar-refractivity contribution in [1.82, 2.24) is 5.32 Å². The fraction of sp³-hybridized carbons (Fsp3) is 0.467. The Morgan fingerprint density at radius 1 is 1.04 bits per heavy atom. The molecule has 0 unspecified atom stereocenters. The maximum absolute atomic E-state index is 12.0. The highest BCUT2D eigenvalue weighted by Gasteiger charge is 2.18. The lowest BCUT2D eigenvalue weighted by Crippen LogP contribution is -2.31. The number of carbonyl (C=O) groups excluding carboxylic acids is 1. The summed E-state index contributed by atoms with van der Waals surface area (Å²) in [5.41, 5.74) is 0. The highest BCUT2D eigenvalue weighted by atomic mass is 35.5. The van der Waals surface area contributed by atoms with Gasteiger partial charge in [0.25, 0.3) is 0 Å². The van der Waals surface area contributed by atoms with Gasteiger partial charge in [-0.15, -0.1) is 0 Å². The van der Waals surface area contributed by atoms with Gasteiger partial charge in [0.05, 0.1) is 4.90 Å². The molecule has 2 N–H and O–H groups in total. The lowest BCUT2D eigenvalue weighted by molar-refractivity contribution is -0.137. The van der Waals surface area contributed by atoms with Gasteiger partial charge in [0.2, 0.25) is 5.91 Å². The lowest BCUT2D eigenvalue weighted by Gasteiger charge is -2.06. The summed E-state index contributed by atoms with van der Waals surface area (Å²) in [4.78, 5) is 22.1. The standard InChI is InChI=1S/C15H20ClNO5S/c16-12-6-8-13(9-7-12)23(21,22)11-14(18)17-10-4-2-1-3-5-15(19)20/h6-9H,1-5,10-11H2,(H,17,18)(H,19,20). The van der Waals surface area contributed by atoms with Crippen LogP contribution in [0.1, 0.15) is 32.1 Å². The molecule has 0 aliphatic rings. The number of halogens is 1. The predicted octanol–water partition coefficient (Wildman–Crippen LogP) is 2.26. The molecule has 128 valence electrons. The molecule has 0 bridgehead atoms. The van der Waals surface area contributed by atoms with Crippen LogP contribution < -0.4 is 5.32 Å². The van der Waals surface area contributed by atoms with Crippen molar-refractivity contribution in [3.63, 3.8) is 0 Å². The molecule has 0 spiro atoms. The Bertz CT molecular complexity index is 628. The summed E-state index contributed by atoms with van der Waals surface area (Å²) in [6.07, 6.45) is 3.00. The Kier molecular flexibility index (Phi) is 8.05. The van der Waals surface area contributed by atoms with Gasteiger partial charge in [-0.3, -0.25) is 9.59 Å². The Labute approximate surface area is 140 Å². The van der Waals surface area contributed by atoms with Crippen LogP contribution in [-0.4, -0.2) is 37.7 Å². The third kappa shape index (κ3) is 7.99. The summed E-state index contributed by atoms with van der Waals surface area (Å²) in [6, 6.07) is 5.66. The molecule has 0 heterocycles. The number of carboxylic acids is 1. The number of rotatable bonds is 10. The van der Waals surface area contributed by atoms with Crippen molar-refractivity contribution < 1.29 is 23.1 Å². The first-order chi connectivity index (χ1) is 10.8. The van der Waals surface area contributed by atoms with Gasteiger partial charge in [-0.25, -0.2) is 8.42 Å². The van der Waals surface area contributed by atoms with E-state index in [1.807, 2.05) is 0 Å². The lowest BCUT2D eigenvalue weighted by atomic mass is 10.1. The third-order valence-corrected chi connectivity index (χ3v) is 5.02. The quantitative estimate of drug-likeness (QED) is 0.622. The first-order valence-electron chi connectivity index (χ1n) is 7.28. The van der Waals surface area contributed by atoms with Gasteiger partial charge in [0.1, 0.15) is 5.75 Å². The largest absolute Gasteiger partial charge is 0.481 e. The molecule has 1 amide bonds. The molecule has 0 saturated carbocycles. The molecule has 0 atom stereocenters. The summed E-state index contributed by atoms with van der Waals surface area (Å²) < 4.78 is 24.1. The average molecular weight is 362 g/mol. The summed E-state index contributed by atoms with van der Waals surface area (Å²) >= 11 is 5.70. The Balaban J connectivity index is 2.28. The van der Waals surface area contributed by atoms with Crippen molar-refractivity contribution in [3.05, 3.63) is 29.3 Å². The van der Waals surface area contributed by atoms with E-state index in [0.29, 0.717) is 24.4 Å². The van der Waals surface area contributed by atoms with Crippen molar-refractivity contribution in [2.24, 2.45) is 0 Å². The monoisotopic (exact) mass is 361 g/mol. The van der Waals surface area contributed by atoms with Crippen LogP contribution in [-0.2, 0) is 19.4 Å². The smallest absolute Gasteiger partial charge is 0.303 e. The Morgan fingerprint density at radius 3 is 2.26 bits per heavy atom. The number of hydrogen-bond donors (Lipinski definition) is 2. The zero-order chi connectivity index (χ0) is 17.3. The first kappa shape index (κ1) is 19.4. The van der Waals surface area contributed by atoms with Gasteiger partial charge in [-0.1, -0.05) is 24.4 Å². The highest BCUT2D eigenvalue weighted by molar-refractivity contribution is 7.92. The minimum atomic E-state index is -3.67. The molecule has 0 aliphatic carbocycles. The molecule has 1 aromatic rings. The molecule has 1 rings (SSSR count). The molecule has 0 saturated heterocycles. The fourth-order valence-corrected chi connectivity index (χ4v) is 3.22. The van der Waals surface area contributed by atoms with Crippen LogP contribution in [0.5, 0.6) is 0 Å². The molecular formula is C15H20ClNO5S. The molecule has 0 radical (unpaired) electrons. The van der Waals surface area contributed by atoms with E-state index in [1.54, 1.807) is 0 Å². The summed E-state index contributed by atoms with van der Waals surface area (Å²) in [7, 11) is -3.67. The number of amides is 1. The van der Waals surface area contributed by atoms with Gasteiger partial charge in [0.15, 0.2) is 9.84 Å². The van der Waals surface area contributed by atoms with Crippen LogP contribution in [0.15, 0.2) is 29.2 Å². The minimum absolute atomic E-state index is 0.0609. The average Bonchev–Trinajstić information content (AvgIpc) is 2.45.